The molecular weight excluding hydrogens is 338 g/mol. The van der Waals surface area contributed by atoms with Crippen molar-refractivity contribution in [3.63, 3.8) is 0 Å². The summed E-state index contributed by atoms with van der Waals surface area (Å²) >= 11 is 0. The van der Waals surface area contributed by atoms with Crippen LogP contribution in [0, 0.1) is 23.5 Å². The number of carbonyl (C=O) groups excluding carboxylic acids is 2. The number of urea groups is 1. The normalized spacial score (nSPS) is 14.7. The summed E-state index contributed by atoms with van der Waals surface area (Å²) in [6.45, 7) is 1.53. The molecule has 4 nitrogen and oxygen atoms in total. The summed E-state index contributed by atoms with van der Waals surface area (Å²) in [5.74, 6) is 3.72. The maximum atomic E-state index is 14.4. The summed E-state index contributed by atoms with van der Waals surface area (Å²) in [6, 6.07) is 10.4. The Morgan fingerprint density at radius 2 is 1.69 bits per heavy atom. The van der Waals surface area contributed by atoms with Gasteiger partial charge >= 0.3 is 6.03 Å². The van der Waals surface area contributed by atoms with E-state index in [1.54, 1.807) is 19.1 Å². The van der Waals surface area contributed by atoms with Crippen LogP contribution in [0.4, 0.5) is 13.6 Å². The number of imide groups is 1. The molecule has 0 bridgehead atoms. The lowest BCUT2D eigenvalue weighted by molar-refractivity contribution is -0.118. The lowest BCUT2D eigenvalue weighted by Gasteiger charge is -2.22. The van der Waals surface area contributed by atoms with E-state index >= 15 is 0 Å². The van der Waals surface area contributed by atoms with Crippen LogP contribution in [-0.2, 0) is 11.2 Å². The van der Waals surface area contributed by atoms with Crippen LogP contribution in [0.25, 0.3) is 0 Å². The van der Waals surface area contributed by atoms with Crippen molar-refractivity contribution in [2.24, 2.45) is 0 Å². The predicted molar refractivity (Wildman–Crippen MR) is 92.2 cm³/mol. The first-order chi connectivity index (χ1) is 12.4. The van der Waals surface area contributed by atoms with Gasteiger partial charge in [-0.1, -0.05) is 30.0 Å². The van der Waals surface area contributed by atoms with E-state index in [1.165, 1.54) is 17.0 Å². The number of hydrogen-bond donors (Lipinski definition) is 1. The van der Waals surface area contributed by atoms with Crippen LogP contribution in [0.15, 0.2) is 42.5 Å². The minimum absolute atomic E-state index is 0.0369. The lowest BCUT2D eigenvalue weighted by atomic mass is 10.0. The molecule has 132 valence electrons. The minimum Gasteiger partial charge on any atom is -0.312 e. The molecule has 0 aliphatic carbocycles. The van der Waals surface area contributed by atoms with Crippen molar-refractivity contribution in [1.29, 1.82) is 0 Å². The molecule has 1 unspecified atom stereocenters. The van der Waals surface area contributed by atoms with Gasteiger partial charge in [0.05, 0.1) is 0 Å². The van der Waals surface area contributed by atoms with Gasteiger partial charge in [0.25, 0.3) is 0 Å². The third kappa shape index (κ3) is 3.89. The average molecular weight is 354 g/mol. The van der Waals surface area contributed by atoms with Gasteiger partial charge in [-0.3, -0.25) is 10.1 Å². The third-order valence-corrected chi connectivity index (χ3v) is 4.12. The van der Waals surface area contributed by atoms with E-state index in [9.17, 15) is 18.4 Å². The van der Waals surface area contributed by atoms with Gasteiger partial charge in [-0.15, -0.1) is 0 Å². The molecule has 3 amide bonds. The summed E-state index contributed by atoms with van der Waals surface area (Å²) in [5.41, 5.74) is 0.847. The Morgan fingerprint density at radius 1 is 1.08 bits per heavy atom. The second-order valence-electron chi connectivity index (χ2n) is 6.07. The first-order valence-electron chi connectivity index (χ1n) is 8.09. The van der Waals surface area contributed by atoms with Gasteiger partial charge in [-0.2, -0.15) is 0 Å². The fraction of sp³-hybridized carbons (Fsp3) is 0.200. The number of halogens is 2. The van der Waals surface area contributed by atoms with E-state index < -0.39 is 29.6 Å². The van der Waals surface area contributed by atoms with Crippen LogP contribution in [-0.4, -0.2) is 29.4 Å². The average Bonchev–Trinajstić information content (AvgIpc) is 2.95. The van der Waals surface area contributed by atoms with E-state index in [0.29, 0.717) is 0 Å². The van der Waals surface area contributed by atoms with E-state index in [1.807, 2.05) is 18.2 Å². The molecule has 0 aromatic heterocycles. The second-order valence-corrected chi connectivity index (χ2v) is 6.07. The zero-order valence-electron chi connectivity index (χ0n) is 14.1. The smallest absolute Gasteiger partial charge is 0.312 e. The zero-order chi connectivity index (χ0) is 18.7. The zero-order valence-corrected chi connectivity index (χ0v) is 14.1. The van der Waals surface area contributed by atoms with Gasteiger partial charge in [-0.05, 0) is 37.6 Å². The predicted octanol–water partition coefficient (Wildman–Crippen LogP) is 2.85. The van der Waals surface area contributed by atoms with E-state index in [0.717, 1.165) is 5.56 Å². The summed E-state index contributed by atoms with van der Waals surface area (Å²) < 4.78 is 28.7. The monoisotopic (exact) mass is 354 g/mol. The van der Waals surface area contributed by atoms with Crippen molar-refractivity contribution in [3.05, 3.63) is 70.8 Å². The van der Waals surface area contributed by atoms with Gasteiger partial charge in [0.2, 0.25) is 5.91 Å². The summed E-state index contributed by atoms with van der Waals surface area (Å²) in [7, 11) is 0. The molecule has 0 radical (unpaired) electrons. The number of rotatable bonds is 3. The van der Waals surface area contributed by atoms with Crippen molar-refractivity contribution in [1.82, 2.24) is 10.2 Å². The van der Waals surface area contributed by atoms with Gasteiger partial charge in [0, 0.05) is 22.7 Å². The molecule has 1 aliphatic rings. The molecular formula is C20H16F2N2O2. The summed E-state index contributed by atoms with van der Waals surface area (Å²) in [5, 5.41) is 2.15. The molecule has 0 saturated carbocycles. The van der Waals surface area contributed by atoms with Crippen LogP contribution < -0.4 is 5.32 Å². The molecule has 0 spiro atoms. The van der Waals surface area contributed by atoms with Crippen molar-refractivity contribution in [2.75, 3.05) is 6.54 Å². The Morgan fingerprint density at radius 3 is 2.27 bits per heavy atom. The molecule has 1 heterocycles. The Hall–Kier alpha value is -3.20. The number of carbonyl (C=O) groups is 2. The summed E-state index contributed by atoms with van der Waals surface area (Å²) in [6.07, 6.45) is -0.0369. The molecule has 2 aromatic carbocycles. The molecule has 1 aliphatic heterocycles. The third-order valence-electron chi connectivity index (χ3n) is 4.12. The van der Waals surface area contributed by atoms with Crippen LogP contribution >= 0.6 is 0 Å². The quantitative estimate of drug-likeness (QED) is 0.681. The maximum Gasteiger partial charge on any atom is 0.324 e. The van der Waals surface area contributed by atoms with Gasteiger partial charge in [-0.25, -0.2) is 13.6 Å². The number of nitrogens with zero attached hydrogens (tertiary/aromatic N) is 1. The van der Waals surface area contributed by atoms with E-state index in [4.69, 9.17) is 0 Å². The van der Waals surface area contributed by atoms with Crippen LogP contribution in [0.3, 0.4) is 0 Å². The topological polar surface area (TPSA) is 49.4 Å². The van der Waals surface area contributed by atoms with Crippen LogP contribution in [0.1, 0.15) is 23.6 Å². The molecule has 1 atom stereocenters. The van der Waals surface area contributed by atoms with Gasteiger partial charge in [0.1, 0.15) is 18.2 Å². The Balaban J connectivity index is 1.79. The Labute approximate surface area is 149 Å². The minimum atomic E-state index is -0.722. The van der Waals surface area contributed by atoms with Crippen LogP contribution in [0.5, 0.6) is 0 Å². The second kappa shape index (κ2) is 7.36. The standard InChI is InChI=1S/C20H16F2N2O2/c1-13(24-12-19(25)23-20(24)26)9-16-17(21)10-15(11-18(16)22)8-7-14-5-3-2-4-6-14/h2-6,10-11,13H,9,12H2,1H3,(H,23,25,26). The summed E-state index contributed by atoms with van der Waals surface area (Å²) in [4.78, 5) is 24.2. The SMILES string of the molecule is CC(Cc1c(F)cc(C#Cc2ccccc2)cc1F)N1CC(=O)NC1=O. The van der Waals surface area contributed by atoms with E-state index in [-0.39, 0.29) is 24.1 Å². The fourth-order valence-corrected chi connectivity index (χ4v) is 2.75. The van der Waals surface area contributed by atoms with E-state index in [2.05, 4.69) is 17.2 Å². The fourth-order valence-electron chi connectivity index (χ4n) is 2.75. The van der Waals surface area contributed by atoms with Crippen molar-refractivity contribution < 1.29 is 18.4 Å². The molecule has 2 aromatic rings. The highest BCUT2D eigenvalue weighted by Gasteiger charge is 2.31. The molecule has 1 saturated heterocycles. The van der Waals surface area contributed by atoms with Crippen molar-refractivity contribution in [2.45, 2.75) is 19.4 Å². The maximum absolute atomic E-state index is 14.4. The lowest BCUT2D eigenvalue weighted by Crippen LogP contribution is -2.37. The molecule has 6 heteroatoms. The number of amides is 3. The Kier molecular flexibility index (Phi) is 4.99. The highest BCUT2D eigenvalue weighted by atomic mass is 19.1. The number of hydrogen-bond acceptors (Lipinski definition) is 2. The van der Waals surface area contributed by atoms with Gasteiger partial charge < -0.3 is 4.90 Å². The first-order valence-corrected chi connectivity index (χ1v) is 8.09. The van der Waals surface area contributed by atoms with Crippen LogP contribution in [0.2, 0.25) is 0 Å². The molecule has 26 heavy (non-hydrogen) atoms. The molecule has 1 N–H and O–H groups in total. The number of benzene rings is 2. The van der Waals surface area contributed by atoms with Crippen molar-refractivity contribution in [3.8, 4) is 11.8 Å². The highest BCUT2D eigenvalue weighted by Crippen LogP contribution is 2.19. The Bertz CT molecular complexity index is 893. The highest BCUT2D eigenvalue weighted by molar-refractivity contribution is 6.02. The van der Waals surface area contributed by atoms with Gasteiger partial charge in [0.15, 0.2) is 0 Å². The molecule has 1 fully saturated rings. The largest absolute Gasteiger partial charge is 0.324 e. The molecule has 3 rings (SSSR count). The van der Waals surface area contributed by atoms with Crippen molar-refractivity contribution >= 4 is 11.9 Å². The number of nitrogens with one attached hydrogen (secondary N) is 1. The first kappa shape index (κ1) is 17.6.